The third kappa shape index (κ3) is 4.54. The number of likely N-dealkylation sites (tertiary alicyclic amines) is 1. The monoisotopic (exact) mass is 409 g/mol. The molecule has 3 aromatic heterocycles. The standard InChI is InChI=1S/C21H23N5O2S/c1-14-15(2)29-21(24-14)25-20-19(22-9-10-23-20)16-5-3-11-26(13-16)18(27)8-7-17-6-4-12-28-17/h4,6-10,12,16H,3,5,11,13H2,1-2H3,(H,23,24,25)/b8-7+/t16-/m0/s1. The second-order valence-corrected chi connectivity index (χ2v) is 8.25. The van der Waals surface area contributed by atoms with Gasteiger partial charge in [-0.1, -0.05) is 0 Å². The van der Waals surface area contributed by atoms with E-state index in [4.69, 9.17) is 4.42 Å². The van der Waals surface area contributed by atoms with Crippen molar-refractivity contribution in [1.29, 1.82) is 0 Å². The number of nitrogens with one attached hydrogen (secondary N) is 1. The zero-order valence-corrected chi connectivity index (χ0v) is 17.3. The Kier molecular flexibility index (Phi) is 5.71. The molecule has 150 valence electrons. The highest BCUT2D eigenvalue weighted by Gasteiger charge is 2.27. The van der Waals surface area contributed by atoms with Gasteiger partial charge in [-0.3, -0.25) is 9.78 Å². The van der Waals surface area contributed by atoms with Crippen molar-refractivity contribution in [2.24, 2.45) is 0 Å². The average molecular weight is 410 g/mol. The van der Waals surface area contributed by atoms with Crippen LogP contribution >= 0.6 is 11.3 Å². The maximum atomic E-state index is 12.6. The molecule has 0 aromatic carbocycles. The van der Waals surface area contributed by atoms with Gasteiger partial charge in [0.05, 0.1) is 17.7 Å². The summed E-state index contributed by atoms with van der Waals surface area (Å²) < 4.78 is 5.26. The second-order valence-electron chi connectivity index (χ2n) is 7.05. The number of carbonyl (C=O) groups excluding carboxylic acids is 1. The maximum Gasteiger partial charge on any atom is 0.246 e. The summed E-state index contributed by atoms with van der Waals surface area (Å²) in [5, 5.41) is 4.14. The minimum atomic E-state index is -0.0179. The molecule has 4 rings (SSSR count). The Balaban J connectivity index is 1.49. The van der Waals surface area contributed by atoms with Crippen molar-refractivity contribution >= 4 is 34.3 Å². The van der Waals surface area contributed by atoms with Gasteiger partial charge < -0.3 is 14.6 Å². The topological polar surface area (TPSA) is 84.2 Å². The van der Waals surface area contributed by atoms with Gasteiger partial charge in [0, 0.05) is 42.4 Å². The van der Waals surface area contributed by atoms with Crippen LogP contribution in [0.4, 0.5) is 10.9 Å². The Morgan fingerprint density at radius 1 is 1.34 bits per heavy atom. The van der Waals surface area contributed by atoms with Crippen LogP contribution in [0.5, 0.6) is 0 Å². The molecule has 1 atom stereocenters. The Morgan fingerprint density at radius 2 is 2.21 bits per heavy atom. The molecule has 0 radical (unpaired) electrons. The first kappa shape index (κ1) is 19.3. The van der Waals surface area contributed by atoms with Crippen LogP contribution in [0.2, 0.25) is 0 Å². The fourth-order valence-electron chi connectivity index (χ4n) is 3.42. The highest BCUT2D eigenvalue weighted by molar-refractivity contribution is 7.15. The van der Waals surface area contributed by atoms with Gasteiger partial charge in [-0.05, 0) is 44.9 Å². The number of rotatable bonds is 5. The van der Waals surface area contributed by atoms with E-state index in [0.29, 0.717) is 18.1 Å². The van der Waals surface area contributed by atoms with Crippen LogP contribution in [-0.2, 0) is 4.79 Å². The smallest absolute Gasteiger partial charge is 0.246 e. The molecular weight excluding hydrogens is 386 g/mol. The predicted molar refractivity (Wildman–Crippen MR) is 113 cm³/mol. The van der Waals surface area contributed by atoms with Crippen LogP contribution in [0.1, 0.15) is 40.8 Å². The van der Waals surface area contributed by atoms with Crippen LogP contribution in [0.15, 0.2) is 41.3 Å². The van der Waals surface area contributed by atoms with Crippen molar-refractivity contribution in [3.05, 3.63) is 58.9 Å². The lowest BCUT2D eigenvalue weighted by molar-refractivity contribution is -0.127. The number of aryl methyl sites for hydroxylation is 2. The summed E-state index contributed by atoms with van der Waals surface area (Å²) in [4.78, 5) is 29.3. The van der Waals surface area contributed by atoms with Crippen molar-refractivity contribution < 1.29 is 9.21 Å². The lowest BCUT2D eigenvalue weighted by Crippen LogP contribution is -2.38. The second kappa shape index (κ2) is 8.57. The van der Waals surface area contributed by atoms with E-state index in [0.717, 1.165) is 35.9 Å². The zero-order chi connectivity index (χ0) is 20.2. The molecule has 0 saturated carbocycles. The Bertz CT molecular complexity index is 993. The van der Waals surface area contributed by atoms with Gasteiger partial charge in [0.1, 0.15) is 5.76 Å². The Labute approximate surface area is 173 Å². The van der Waals surface area contributed by atoms with Gasteiger partial charge >= 0.3 is 0 Å². The maximum absolute atomic E-state index is 12.6. The molecule has 1 fully saturated rings. The number of hydrogen-bond donors (Lipinski definition) is 1. The van der Waals surface area contributed by atoms with E-state index in [1.165, 1.54) is 4.88 Å². The third-order valence-corrected chi connectivity index (χ3v) is 6.02. The van der Waals surface area contributed by atoms with E-state index >= 15 is 0 Å². The Morgan fingerprint density at radius 3 is 2.97 bits per heavy atom. The van der Waals surface area contributed by atoms with Crippen LogP contribution in [0.3, 0.4) is 0 Å². The van der Waals surface area contributed by atoms with Crippen LogP contribution < -0.4 is 5.32 Å². The van der Waals surface area contributed by atoms with Crippen molar-refractivity contribution in [3.8, 4) is 0 Å². The number of hydrogen-bond acceptors (Lipinski definition) is 7. The number of nitrogens with zero attached hydrogens (tertiary/aromatic N) is 4. The van der Waals surface area contributed by atoms with E-state index in [1.807, 2.05) is 17.9 Å². The minimum absolute atomic E-state index is 0.0179. The molecule has 3 aromatic rings. The molecule has 0 spiro atoms. The summed E-state index contributed by atoms with van der Waals surface area (Å²) in [7, 11) is 0. The third-order valence-electron chi connectivity index (χ3n) is 5.03. The Hall–Kier alpha value is -3.00. The van der Waals surface area contributed by atoms with Crippen molar-refractivity contribution in [2.45, 2.75) is 32.6 Å². The molecular formula is C21H23N5O2S. The van der Waals surface area contributed by atoms with E-state index < -0.39 is 0 Å². The van der Waals surface area contributed by atoms with Gasteiger partial charge in [0.2, 0.25) is 5.91 Å². The van der Waals surface area contributed by atoms with Crippen molar-refractivity contribution in [2.75, 3.05) is 18.4 Å². The van der Waals surface area contributed by atoms with E-state index in [1.54, 1.807) is 48.2 Å². The first-order valence-electron chi connectivity index (χ1n) is 9.62. The summed E-state index contributed by atoms with van der Waals surface area (Å²) in [5.74, 6) is 1.49. The number of amides is 1. The molecule has 1 N–H and O–H groups in total. The fraction of sp³-hybridized carbons (Fsp3) is 0.333. The summed E-state index contributed by atoms with van der Waals surface area (Å²) in [6.45, 7) is 5.41. The van der Waals surface area contributed by atoms with Crippen LogP contribution in [-0.4, -0.2) is 38.8 Å². The molecule has 8 heteroatoms. The minimum Gasteiger partial charge on any atom is -0.465 e. The fourth-order valence-corrected chi connectivity index (χ4v) is 4.23. The summed E-state index contributed by atoms with van der Waals surface area (Å²) in [6, 6.07) is 3.62. The van der Waals surface area contributed by atoms with E-state index in [9.17, 15) is 4.79 Å². The SMILES string of the molecule is Cc1nc(Nc2nccnc2[C@H]2CCCN(C(=O)/C=C/c3ccco3)C2)sc1C. The number of aromatic nitrogens is 3. The van der Waals surface area contributed by atoms with E-state index in [2.05, 4.69) is 27.2 Å². The quantitative estimate of drug-likeness (QED) is 0.632. The van der Waals surface area contributed by atoms with Crippen LogP contribution in [0.25, 0.3) is 6.08 Å². The molecule has 0 aliphatic carbocycles. The van der Waals surface area contributed by atoms with Gasteiger partial charge in [-0.2, -0.15) is 0 Å². The predicted octanol–water partition coefficient (Wildman–Crippen LogP) is 4.31. The highest BCUT2D eigenvalue weighted by atomic mass is 32.1. The average Bonchev–Trinajstić information content (AvgIpc) is 3.36. The largest absolute Gasteiger partial charge is 0.465 e. The van der Waals surface area contributed by atoms with Gasteiger partial charge in [0.15, 0.2) is 10.9 Å². The molecule has 7 nitrogen and oxygen atoms in total. The number of carbonyl (C=O) groups is 1. The lowest BCUT2D eigenvalue weighted by atomic mass is 9.94. The zero-order valence-electron chi connectivity index (χ0n) is 16.5. The molecule has 29 heavy (non-hydrogen) atoms. The van der Waals surface area contributed by atoms with Gasteiger partial charge in [-0.15, -0.1) is 11.3 Å². The summed E-state index contributed by atoms with van der Waals surface area (Å²) in [5.41, 5.74) is 1.89. The van der Waals surface area contributed by atoms with Gasteiger partial charge in [0.25, 0.3) is 0 Å². The van der Waals surface area contributed by atoms with E-state index in [-0.39, 0.29) is 11.8 Å². The molecule has 1 saturated heterocycles. The van der Waals surface area contributed by atoms with Gasteiger partial charge in [-0.25, -0.2) is 9.97 Å². The molecule has 1 aliphatic rings. The highest BCUT2D eigenvalue weighted by Crippen LogP contribution is 2.32. The lowest BCUT2D eigenvalue weighted by Gasteiger charge is -2.32. The molecule has 1 amide bonds. The van der Waals surface area contributed by atoms with Crippen LogP contribution in [0, 0.1) is 13.8 Å². The first-order chi connectivity index (χ1) is 14.1. The van der Waals surface area contributed by atoms with Crippen molar-refractivity contribution in [1.82, 2.24) is 19.9 Å². The normalized spacial score (nSPS) is 17.0. The summed E-state index contributed by atoms with van der Waals surface area (Å²) >= 11 is 1.60. The number of anilines is 2. The molecule has 4 heterocycles. The number of thiazole rings is 1. The molecule has 0 unspecified atom stereocenters. The molecule has 0 bridgehead atoms. The number of furan rings is 1. The number of piperidine rings is 1. The first-order valence-corrected chi connectivity index (χ1v) is 10.4. The summed E-state index contributed by atoms with van der Waals surface area (Å²) in [6.07, 6.45) is 10.1. The molecule has 1 aliphatic heterocycles. The van der Waals surface area contributed by atoms with Crippen molar-refractivity contribution in [3.63, 3.8) is 0 Å².